The van der Waals surface area contributed by atoms with Crippen LogP contribution in [0.15, 0.2) is 41.8 Å². The van der Waals surface area contributed by atoms with Crippen molar-refractivity contribution in [3.8, 4) is 0 Å². The van der Waals surface area contributed by atoms with Crippen molar-refractivity contribution in [2.75, 3.05) is 7.11 Å². The van der Waals surface area contributed by atoms with Crippen molar-refractivity contribution < 1.29 is 19.1 Å². The van der Waals surface area contributed by atoms with Crippen LogP contribution >= 0.6 is 22.9 Å². The quantitative estimate of drug-likeness (QED) is 0.517. The summed E-state index contributed by atoms with van der Waals surface area (Å²) in [5.41, 5.74) is 0.256. The zero-order chi connectivity index (χ0) is 16.1. The molecule has 0 aliphatic carbocycles. The summed E-state index contributed by atoms with van der Waals surface area (Å²) in [6, 6.07) is 7.93. The molecule has 7 heteroatoms. The smallest absolute Gasteiger partial charge is 0.336 e. The summed E-state index contributed by atoms with van der Waals surface area (Å²) in [6.07, 6.45) is 0. The van der Waals surface area contributed by atoms with Crippen molar-refractivity contribution in [3.63, 3.8) is 0 Å². The first kappa shape index (κ1) is 16.2. The molecule has 1 amide bonds. The van der Waals surface area contributed by atoms with Gasteiger partial charge in [0.2, 0.25) is 0 Å². The van der Waals surface area contributed by atoms with Gasteiger partial charge in [0, 0.05) is 10.6 Å². The van der Waals surface area contributed by atoms with Crippen molar-refractivity contribution in [2.45, 2.75) is 6.04 Å². The predicted molar refractivity (Wildman–Crippen MR) is 83.4 cm³/mol. The molecule has 1 N–H and O–H groups in total. The van der Waals surface area contributed by atoms with Gasteiger partial charge < -0.3 is 10.1 Å². The first-order valence-electron chi connectivity index (χ1n) is 6.25. The van der Waals surface area contributed by atoms with E-state index in [0.717, 1.165) is 7.11 Å². The van der Waals surface area contributed by atoms with E-state index in [4.69, 9.17) is 11.6 Å². The molecule has 1 aromatic carbocycles. The average molecular weight is 338 g/mol. The van der Waals surface area contributed by atoms with Crippen LogP contribution in [0.3, 0.4) is 0 Å². The fourth-order valence-corrected chi connectivity index (χ4v) is 2.49. The first-order valence-corrected chi connectivity index (χ1v) is 7.50. The molecule has 1 heterocycles. The molecule has 0 saturated heterocycles. The van der Waals surface area contributed by atoms with Crippen LogP contribution in [0.2, 0.25) is 5.02 Å². The van der Waals surface area contributed by atoms with E-state index < -0.39 is 23.7 Å². The Kier molecular flexibility index (Phi) is 5.30. The van der Waals surface area contributed by atoms with Crippen LogP contribution < -0.4 is 5.32 Å². The second-order valence-electron chi connectivity index (χ2n) is 4.28. The summed E-state index contributed by atoms with van der Waals surface area (Å²) in [7, 11) is 1.15. The van der Waals surface area contributed by atoms with Gasteiger partial charge in [0.15, 0.2) is 11.8 Å². The number of ketones is 1. The molecule has 5 nitrogen and oxygen atoms in total. The van der Waals surface area contributed by atoms with Crippen molar-refractivity contribution in [1.29, 1.82) is 0 Å². The first-order chi connectivity index (χ1) is 10.5. The van der Waals surface area contributed by atoms with Crippen LogP contribution in [0.5, 0.6) is 0 Å². The lowest BCUT2D eigenvalue weighted by molar-refractivity contribution is -0.141. The van der Waals surface area contributed by atoms with Crippen LogP contribution in [-0.2, 0) is 9.53 Å². The number of carbonyl (C=O) groups excluding carboxylic acids is 3. The molecule has 0 aliphatic rings. The summed E-state index contributed by atoms with van der Waals surface area (Å²) in [6.45, 7) is 0. The van der Waals surface area contributed by atoms with Gasteiger partial charge in [0.25, 0.3) is 5.91 Å². The highest BCUT2D eigenvalue weighted by Gasteiger charge is 2.30. The molecular formula is C15H12ClNO4S. The molecule has 2 rings (SSSR count). The highest BCUT2D eigenvalue weighted by molar-refractivity contribution is 7.12. The Hall–Kier alpha value is -2.18. The van der Waals surface area contributed by atoms with Gasteiger partial charge in [-0.3, -0.25) is 9.59 Å². The van der Waals surface area contributed by atoms with Gasteiger partial charge in [-0.2, -0.15) is 0 Å². The van der Waals surface area contributed by atoms with Gasteiger partial charge >= 0.3 is 5.97 Å². The number of amides is 1. The predicted octanol–water partition coefficient (Wildman–Crippen LogP) is 2.56. The summed E-state index contributed by atoms with van der Waals surface area (Å²) in [5.74, 6) is -1.90. The number of Topliss-reactive ketones (excluding diaryl/α,β-unsaturated/α-hetero) is 1. The Bertz CT molecular complexity index is 682. The standard InChI is InChI=1S/C15H12ClNO4S/c1-21-15(20)12(17-14(19)11-3-2-8-22-11)13(18)9-4-6-10(16)7-5-9/h2-8,12H,1H3,(H,17,19). The second-order valence-corrected chi connectivity index (χ2v) is 5.66. The summed E-state index contributed by atoms with van der Waals surface area (Å²) >= 11 is 6.98. The number of methoxy groups -OCH3 is 1. The van der Waals surface area contributed by atoms with E-state index in [2.05, 4.69) is 10.1 Å². The van der Waals surface area contributed by atoms with Crippen LogP contribution in [0.4, 0.5) is 0 Å². The molecule has 0 spiro atoms. The number of benzene rings is 1. The summed E-state index contributed by atoms with van der Waals surface area (Å²) in [5, 5.41) is 4.59. The van der Waals surface area contributed by atoms with Gasteiger partial charge in [-0.15, -0.1) is 11.3 Å². The number of rotatable bonds is 5. The van der Waals surface area contributed by atoms with Crippen molar-refractivity contribution in [3.05, 3.63) is 57.2 Å². The highest BCUT2D eigenvalue weighted by atomic mass is 35.5. The van der Waals surface area contributed by atoms with Crippen LogP contribution in [0, 0.1) is 0 Å². The Morgan fingerprint density at radius 1 is 1.18 bits per heavy atom. The minimum Gasteiger partial charge on any atom is -0.467 e. The second kappa shape index (κ2) is 7.20. The molecule has 114 valence electrons. The van der Waals surface area contributed by atoms with E-state index in [-0.39, 0.29) is 5.56 Å². The maximum atomic E-state index is 12.4. The zero-order valence-corrected chi connectivity index (χ0v) is 13.1. The van der Waals surface area contributed by atoms with Gasteiger partial charge in [0.05, 0.1) is 12.0 Å². The normalized spacial score (nSPS) is 11.5. The number of thiophene rings is 1. The molecule has 2 aromatic rings. The van der Waals surface area contributed by atoms with Crippen molar-refractivity contribution >= 4 is 40.6 Å². The van der Waals surface area contributed by atoms with E-state index in [1.54, 1.807) is 17.5 Å². The van der Waals surface area contributed by atoms with E-state index in [9.17, 15) is 14.4 Å². The molecule has 0 saturated carbocycles. The molecule has 22 heavy (non-hydrogen) atoms. The lowest BCUT2D eigenvalue weighted by atomic mass is 10.0. The Morgan fingerprint density at radius 2 is 1.86 bits per heavy atom. The fourth-order valence-electron chi connectivity index (χ4n) is 1.74. The minimum absolute atomic E-state index is 0.256. The molecule has 0 aliphatic heterocycles. The number of ether oxygens (including phenoxy) is 1. The molecule has 1 atom stereocenters. The number of halogens is 1. The number of carbonyl (C=O) groups is 3. The maximum absolute atomic E-state index is 12.4. The Morgan fingerprint density at radius 3 is 2.41 bits per heavy atom. The average Bonchev–Trinajstić information content (AvgIpc) is 3.06. The molecule has 1 aromatic heterocycles. The number of nitrogens with one attached hydrogen (secondary N) is 1. The monoisotopic (exact) mass is 337 g/mol. The van der Waals surface area contributed by atoms with Gasteiger partial charge in [-0.05, 0) is 35.7 Å². The van der Waals surface area contributed by atoms with E-state index in [0.29, 0.717) is 9.90 Å². The summed E-state index contributed by atoms with van der Waals surface area (Å²) in [4.78, 5) is 36.7. The lowest BCUT2D eigenvalue weighted by Gasteiger charge is -2.15. The molecule has 0 fully saturated rings. The largest absolute Gasteiger partial charge is 0.467 e. The van der Waals surface area contributed by atoms with Crippen molar-refractivity contribution in [1.82, 2.24) is 5.32 Å². The molecule has 1 unspecified atom stereocenters. The summed E-state index contributed by atoms with van der Waals surface area (Å²) < 4.78 is 4.60. The van der Waals surface area contributed by atoms with E-state index in [1.807, 2.05) is 0 Å². The maximum Gasteiger partial charge on any atom is 0.336 e. The highest BCUT2D eigenvalue weighted by Crippen LogP contribution is 2.13. The van der Waals surface area contributed by atoms with E-state index >= 15 is 0 Å². The van der Waals surface area contributed by atoms with E-state index in [1.165, 1.54) is 35.6 Å². The third kappa shape index (κ3) is 3.72. The molecule has 0 bridgehead atoms. The zero-order valence-electron chi connectivity index (χ0n) is 11.5. The minimum atomic E-state index is -1.40. The number of hydrogen-bond acceptors (Lipinski definition) is 5. The van der Waals surface area contributed by atoms with Crippen LogP contribution in [0.25, 0.3) is 0 Å². The topological polar surface area (TPSA) is 72.5 Å². The van der Waals surface area contributed by atoms with Crippen LogP contribution in [0.1, 0.15) is 20.0 Å². The van der Waals surface area contributed by atoms with Gasteiger partial charge in [-0.1, -0.05) is 17.7 Å². The van der Waals surface area contributed by atoms with Crippen LogP contribution in [-0.4, -0.2) is 30.8 Å². The molecular weight excluding hydrogens is 326 g/mol. The SMILES string of the molecule is COC(=O)C(NC(=O)c1cccs1)C(=O)c1ccc(Cl)cc1. The lowest BCUT2D eigenvalue weighted by Crippen LogP contribution is -2.47. The third-order valence-corrected chi connectivity index (χ3v) is 3.97. The molecule has 0 radical (unpaired) electrons. The van der Waals surface area contributed by atoms with Crippen molar-refractivity contribution in [2.24, 2.45) is 0 Å². The van der Waals surface area contributed by atoms with Gasteiger partial charge in [0.1, 0.15) is 0 Å². The Labute approximate surface area is 135 Å². The number of hydrogen-bond donors (Lipinski definition) is 1. The van der Waals surface area contributed by atoms with Gasteiger partial charge in [-0.25, -0.2) is 4.79 Å². The third-order valence-electron chi connectivity index (χ3n) is 2.85. The Balaban J connectivity index is 2.22. The fraction of sp³-hybridized carbons (Fsp3) is 0.133. The number of esters is 1.